The van der Waals surface area contributed by atoms with Crippen LogP contribution in [0.1, 0.15) is 39.5 Å². The van der Waals surface area contributed by atoms with Crippen LogP contribution in [0.15, 0.2) is 12.1 Å². The van der Waals surface area contributed by atoms with E-state index in [0.717, 1.165) is 19.6 Å². The second kappa shape index (κ2) is 8.34. The summed E-state index contributed by atoms with van der Waals surface area (Å²) < 4.78 is 1.74. The van der Waals surface area contributed by atoms with E-state index in [1.165, 1.54) is 25.7 Å². The minimum atomic E-state index is 0.00991. The van der Waals surface area contributed by atoms with Crippen LogP contribution in [0.2, 0.25) is 5.15 Å². The smallest absolute Gasteiger partial charge is 0.296 e. The van der Waals surface area contributed by atoms with Crippen molar-refractivity contribution in [2.24, 2.45) is 0 Å². The number of aromatic hydroxyl groups is 1. The van der Waals surface area contributed by atoms with Crippen molar-refractivity contribution in [3.05, 3.63) is 17.3 Å². The Morgan fingerprint density at radius 2 is 1.77 bits per heavy atom. The lowest BCUT2D eigenvalue weighted by Gasteiger charge is -2.22. The Labute approximate surface area is 136 Å². The zero-order valence-electron chi connectivity index (χ0n) is 13.4. The quantitative estimate of drug-likeness (QED) is 0.715. The second-order valence-corrected chi connectivity index (χ2v) is 5.98. The molecule has 5 nitrogen and oxygen atoms in total. The maximum Gasteiger partial charge on any atom is 0.296 e. The van der Waals surface area contributed by atoms with Gasteiger partial charge in [0.1, 0.15) is 10.7 Å². The maximum absolute atomic E-state index is 10.0. The van der Waals surface area contributed by atoms with E-state index in [1.54, 1.807) is 16.7 Å². The Morgan fingerprint density at radius 3 is 2.41 bits per heavy atom. The number of imidazole rings is 1. The van der Waals surface area contributed by atoms with Gasteiger partial charge >= 0.3 is 0 Å². The van der Waals surface area contributed by atoms with Crippen LogP contribution in [0.4, 0.5) is 0 Å². The van der Waals surface area contributed by atoms with Crippen LogP contribution in [-0.2, 0) is 6.54 Å². The SMILES string of the molecule is CCCCN(CCCC)CCn1c(O)nc2ccc(Cl)nc21. The topological polar surface area (TPSA) is 54.2 Å². The van der Waals surface area contributed by atoms with Crippen molar-refractivity contribution < 1.29 is 5.11 Å². The number of pyridine rings is 1. The van der Waals surface area contributed by atoms with Gasteiger partial charge in [0.2, 0.25) is 0 Å². The van der Waals surface area contributed by atoms with Crippen LogP contribution in [0, 0.1) is 0 Å². The average Bonchev–Trinajstić information content (AvgIpc) is 2.81. The Hall–Kier alpha value is -1.33. The molecule has 0 amide bonds. The number of hydrogen-bond donors (Lipinski definition) is 1. The van der Waals surface area contributed by atoms with E-state index < -0.39 is 0 Å². The number of aromatic nitrogens is 3. The van der Waals surface area contributed by atoms with Crippen LogP contribution in [0.3, 0.4) is 0 Å². The van der Waals surface area contributed by atoms with Gasteiger partial charge in [0.25, 0.3) is 6.01 Å². The molecule has 0 aliphatic carbocycles. The molecule has 0 atom stereocenters. The Kier molecular flexibility index (Phi) is 6.46. The highest BCUT2D eigenvalue weighted by Crippen LogP contribution is 2.20. The molecule has 0 unspecified atom stereocenters. The summed E-state index contributed by atoms with van der Waals surface area (Å²) in [5, 5.41) is 10.5. The minimum Gasteiger partial charge on any atom is -0.480 e. The molecular formula is C16H25ClN4O. The van der Waals surface area contributed by atoms with Crippen LogP contribution in [0.5, 0.6) is 6.01 Å². The fourth-order valence-corrected chi connectivity index (χ4v) is 2.66. The van der Waals surface area contributed by atoms with Crippen molar-refractivity contribution in [1.82, 2.24) is 19.4 Å². The van der Waals surface area contributed by atoms with Crippen molar-refractivity contribution >= 4 is 22.8 Å². The number of nitrogens with zero attached hydrogens (tertiary/aromatic N) is 4. The first-order chi connectivity index (χ1) is 10.7. The van der Waals surface area contributed by atoms with Crippen LogP contribution in [-0.4, -0.2) is 44.2 Å². The molecule has 22 heavy (non-hydrogen) atoms. The third-order valence-corrected chi connectivity index (χ3v) is 4.04. The molecule has 0 fully saturated rings. The molecule has 0 spiro atoms. The van der Waals surface area contributed by atoms with Crippen LogP contribution < -0.4 is 0 Å². The van der Waals surface area contributed by atoms with Gasteiger partial charge in [-0.25, -0.2) is 4.98 Å². The molecule has 0 aliphatic rings. The summed E-state index contributed by atoms with van der Waals surface area (Å²) in [5.74, 6) is 0. The first-order valence-corrected chi connectivity index (χ1v) is 8.47. The normalized spacial score (nSPS) is 11.6. The van der Waals surface area contributed by atoms with Crippen molar-refractivity contribution in [2.75, 3.05) is 19.6 Å². The summed E-state index contributed by atoms with van der Waals surface area (Å²) in [7, 11) is 0. The number of unbranched alkanes of at least 4 members (excludes halogenated alkanes) is 2. The number of hydrogen-bond acceptors (Lipinski definition) is 4. The average molecular weight is 325 g/mol. The Balaban J connectivity index is 2.08. The Morgan fingerprint density at radius 1 is 1.09 bits per heavy atom. The van der Waals surface area contributed by atoms with Gasteiger partial charge in [-0.05, 0) is 38.1 Å². The lowest BCUT2D eigenvalue weighted by atomic mass is 10.2. The largest absolute Gasteiger partial charge is 0.480 e. The van der Waals surface area contributed by atoms with E-state index >= 15 is 0 Å². The highest BCUT2D eigenvalue weighted by atomic mass is 35.5. The molecule has 0 radical (unpaired) electrons. The zero-order valence-corrected chi connectivity index (χ0v) is 14.2. The summed E-state index contributed by atoms with van der Waals surface area (Å²) >= 11 is 5.96. The standard InChI is InChI=1S/C16H25ClN4O/c1-3-5-9-20(10-6-4-2)11-12-21-15-13(18-16(21)22)7-8-14(17)19-15/h7-8H,3-6,9-12H2,1-2H3,(H,18,22). The van der Waals surface area contributed by atoms with E-state index in [9.17, 15) is 5.11 Å². The predicted octanol–water partition coefficient (Wildman–Crippen LogP) is 3.69. The first-order valence-electron chi connectivity index (χ1n) is 8.09. The molecule has 0 saturated heterocycles. The highest BCUT2D eigenvalue weighted by Gasteiger charge is 2.13. The van der Waals surface area contributed by atoms with Crippen molar-refractivity contribution in [1.29, 1.82) is 0 Å². The second-order valence-electron chi connectivity index (χ2n) is 5.59. The molecular weight excluding hydrogens is 300 g/mol. The lowest BCUT2D eigenvalue weighted by Crippen LogP contribution is -2.29. The summed E-state index contributed by atoms with van der Waals surface area (Å²) in [5.41, 5.74) is 1.33. The molecule has 2 heterocycles. The lowest BCUT2D eigenvalue weighted by molar-refractivity contribution is 0.250. The summed E-state index contributed by atoms with van der Waals surface area (Å²) in [6.45, 7) is 8.16. The van der Waals surface area contributed by atoms with E-state index in [0.29, 0.717) is 22.9 Å². The van der Waals surface area contributed by atoms with Gasteiger partial charge in [-0.2, -0.15) is 4.98 Å². The van der Waals surface area contributed by atoms with Gasteiger partial charge in [-0.3, -0.25) is 4.57 Å². The van der Waals surface area contributed by atoms with E-state index in [1.807, 2.05) is 0 Å². The molecule has 0 aromatic carbocycles. The molecule has 0 saturated carbocycles. The molecule has 0 aliphatic heterocycles. The van der Waals surface area contributed by atoms with Crippen LogP contribution >= 0.6 is 11.6 Å². The van der Waals surface area contributed by atoms with E-state index in [-0.39, 0.29) is 6.01 Å². The van der Waals surface area contributed by atoms with Crippen molar-refractivity contribution in [3.8, 4) is 6.01 Å². The molecule has 1 N–H and O–H groups in total. The number of halogens is 1. The molecule has 2 aromatic heterocycles. The Bertz CT molecular complexity index is 591. The van der Waals surface area contributed by atoms with Gasteiger partial charge < -0.3 is 10.0 Å². The zero-order chi connectivity index (χ0) is 15.9. The molecule has 0 bridgehead atoms. The van der Waals surface area contributed by atoms with E-state index in [4.69, 9.17) is 11.6 Å². The van der Waals surface area contributed by atoms with Gasteiger partial charge in [0.05, 0.1) is 0 Å². The summed E-state index contributed by atoms with van der Waals surface area (Å²) in [6, 6.07) is 3.48. The number of rotatable bonds is 9. The van der Waals surface area contributed by atoms with Gasteiger partial charge in [0, 0.05) is 13.1 Å². The molecule has 6 heteroatoms. The molecule has 2 rings (SSSR count). The number of fused-ring (bicyclic) bond motifs is 1. The van der Waals surface area contributed by atoms with Gasteiger partial charge in [0.15, 0.2) is 5.65 Å². The monoisotopic (exact) mass is 324 g/mol. The minimum absolute atomic E-state index is 0.00991. The fraction of sp³-hybridized carbons (Fsp3) is 0.625. The van der Waals surface area contributed by atoms with Crippen molar-refractivity contribution in [2.45, 2.75) is 46.1 Å². The highest BCUT2D eigenvalue weighted by molar-refractivity contribution is 6.29. The summed E-state index contributed by atoms with van der Waals surface area (Å²) in [4.78, 5) is 10.9. The first kappa shape index (κ1) is 17.0. The third kappa shape index (κ3) is 4.34. The summed E-state index contributed by atoms with van der Waals surface area (Å²) in [6.07, 6.45) is 4.78. The third-order valence-electron chi connectivity index (χ3n) is 3.83. The van der Waals surface area contributed by atoms with E-state index in [2.05, 4.69) is 28.7 Å². The molecule has 122 valence electrons. The maximum atomic E-state index is 10.0. The fourth-order valence-electron chi connectivity index (χ4n) is 2.51. The molecule has 2 aromatic rings. The predicted molar refractivity (Wildman–Crippen MR) is 90.5 cm³/mol. The van der Waals surface area contributed by atoms with Gasteiger partial charge in [-0.15, -0.1) is 0 Å². The van der Waals surface area contributed by atoms with Gasteiger partial charge in [-0.1, -0.05) is 38.3 Å². The van der Waals surface area contributed by atoms with Crippen molar-refractivity contribution in [3.63, 3.8) is 0 Å². The van der Waals surface area contributed by atoms with Crippen LogP contribution in [0.25, 0.3) is 11.2 Å².